The highest BCUT2D eigenvalue weighted by Crippen LogP contribution is 2.19. The fourth-order valence-corrected chi connectivity index (χ4v) is 4.43. The van der Waals surface area contributed by atoms with Crippen molar-refractivity contribution in [3.63, 3.8) is 0 Å². The molecule has 1 aliphatic rings. The van der Waals surface area contributed by atoms with E-state index < -0.39 is 15.7 Å². The molecule has 0 radical (unpaired) electrons. The smallest absolute Gasteiger partial charge is 0.273 e. The van der Waals surface area contributed by atoms with Crippen molar-refractivity contribution in [2.75, 3.05) is 11.5 Å². The Kier molecular flexibility index (Phi) is 4.00. The number of aromatic nitrogens is 3. The monoisotopic (exact) mass is 384 g/mol. The summed E-state index contributed by atoms with van der Waals surface area (Å²) < 4.78 is 25.1. The van der Waals surface area contributed by atoms with Crippen LogP contribution in [0.4, 0.5) is 0 Å². The van der Waals surface area contributed by atoms with Gasteiger partial charge in [0.05, 0.1) is 23.4 Å². The molecule has 0 aliphatic carbocycles. The van der Waals surface area contributed by atoms with E-state index in [4.69, 9.17) is 0 Å². The van der Waals surface area contributed by atoms with Gasteiger partial charge in [-0.05, 0) is 34.5 Å². The molecule has 7 nitrogen and oxygen atoms in total. The van der Waals surface area contributed by atoms with Crippen molar-refractivity contribution in [3.05, 3.63) is 40.6 Å². The van der Waals surface area contributed by atoms with Crippen molar-refractivity contribution in [3.8, 4) is 5.69 Å². The molecule has 1 aliphatic heterocycles. The largest absolute Gasteiger partial charge is 0.347 e. The summed E-state index contributed by atoms with van der Waals surface area (Å²) in [6, 6.07) is 7.07. The van der Waals surface area contributed by atoms with Crippen LogP contribution >= 0.6 is 15.9 Å². The van der Waals surface area contributed by atoms with Gasteiger partial charge in [-0.3, -0.25) is 4.79 Å². The molecule has 2 aromatic rings. The zero-order chi connectivity index (χ0) is 15.7. The van der Waals surface area contributed by atoms with E-state index >= 15 is 0 Å². The average molecular weight is 385 g/mol. The Bertz CT molecular complexity index is 818. The Morgan fingerprint density at radius 3 is 2.82 bits per heavy atom. The van der Waals surface area contributed by atoms with Crippen LogP contribution in [0.15, 0.2) is 34.9 Å². The Balaban J connectivity index is 1.74. The molecule has 9 heteroatoms. The maximum Gasteiger partial charge on any atom is 0.273 e. The van der Waals surface area contributed by atoms with Crippen molar-refractivity contribution in [1.29, 1.82) is 0 Å². The van der Waals surface area contributed by atoms with Crippen LogP contribution in [-0.4, -0.2) is 46.9 Å². The standard InChI is InChI=1S/C13H13BrN4O3S/c14-10-3-1-2-4-12(10)18-7-11(16-17-18)13(19)15-9-5-6-22(20,21)8-9/h1-4,7,9H,5-6,8H2,(H,15,19)/t9-/m0/s1. The van der Waals surface area contributed by atoms with Crippen molar-refractivity contribution < 1.29 is 13.2 Å². The molecule has 1 aromatic carbocycles. The Morgan fingerprint density at radius 2 is 2.14 bits per heavy atom. The fraction of sp³-hybridized carbons (Fsp3) is 0.308. The minimum atomic E-state index is -3.03. The lowest BCUT2D eigenvalue weighted by molar-refractivity contribution is 0.0936. The van der Waals surface area contributed by atoms with E-state index in [1.54, 1.807) is 0 Å². The summed E-state index contributed by atoms with van der Waals surface area (Å²) in [6.45, 7) is 0. The molecular weight excluding hydrogens is 372 g/mol. The highest BCUT2D eigenvalue weighted by Gasteiger charge is 2.29. The number of hydrogen-bond acceptors (Lipinski definition) is 5. The minimum absolute atomic E-state index is 0.0168. The number of benzene rings is 1. The predicted octanol–water partition coefficient (Wildman–Crippen LogP) is 0.947. The SMILES string of the molecule is O=C(N[C@H]1CCS(=O)(=O)C1)c1cn(-c2ccccc2Br)nn1. The highest BCUT2D eigenvalue weighted by atomic mass is 79.9. The third-order valence-electron chi connectivity index (χ3n) is 3.39. The van der Waals surface area contributed by atoms with Gasteiger partial charge in [0.15, 0.2) is 15.5 Å². The zero-order valence-electron chi connectivity index (χ0n) is 11.4. The van der Waals surface area contributed by atoms with Gasteiger partial charge in [-0.25, -0.2) is 13.1 Å². The molecule has 2 heterocycles. The first-order chi connectivity index (χ1) is 10.4. The molecule has 1 fully saturated rings. The Hall–Kier alpha value is -1.74. The summed E-state index contributed by atoms with van der Waals surface area (Å²) in [7, 11) is -3.03. The van der Waals surface area contributed by atoms with Crippen LogP contribution < -0.4 is 5.32 Å². The summed E-state index contributed by atoms with van der Waals surface area (Å²) in [4.78, 5) is 12.1. The van der Waals surface area contributed by atoms with Gasteiger partial charge in [0.2, 0.25) is 0 Å². The van der Waals surface area contributed by atoms with Crippen molar-refractivity contribution in [2.45, 2.75) is 12.5 Å². The molecule has 116 valence electrons. The summed E-state index contributed by atoms with van der Waals surface area (Å²) in [5.74, 6) is -0.320. The van der Waals surface area contributed by atoms with Gasteiger partial charge in [0.25, 0.3) is 5.91 Å². The number of carbonyl (C=O) groups is 1. The lowest BCUT2D eigenvalue weighted by atomic mass is 10.2. The third kappa shape index (κ3) is 3.20. The molecule has 1 aromatic heterocycles. The number of halogens is 1. The normalized spacial score (nSPS) is 20.0. The van der Waals surface area contributed by atoms with Crippen molar-refractivity contribution >= 4 is 31.7 Å². The van der Waals surface area contributed by atoms with Crippen LogP contribution in [0, 0.1) is 0 Å². The highest BCUT2D eigenvalue weighted by molar-refractivity contribution is 9.10. The summed E-state index contributed by atoms with van der Waals surface area (Å²) in [5.41, 5.74) is 0.914. The number of rotatable bonds is 3. The van der Waals surface area contributed by atoms with E-state index in [2.05, 4.69) is 31.6 Å². The van der Waals surface area contributed by atoms with E-state index in [0.717, 1.165) is 10.2 Å². The van der Waals surface area contributed by atoms with Crippen LogP contribution in [0.2, 0.25) is 0 Å². The van der Waals surface area contributed by atoms with Crippen molar-refractivity contribution in [2.24, 2.45) is 0 Å². The molecule has 22 heavy (non-hydrogen) atoms. The fourth-order valence-electron chi connectivity index (χ4n) is 2.29. The van der Waals surface area contributed by atoms with E-state index in [1.807, 2.05) is 24.3 Å². The maximum absolute atomic E-state index is 12.1. The second-order valence-corrected chi connectivity index (χ2v) is 8.16. The summed E-state index contributed by atoms with van der Waals surface area (Å²) >= 11 is 3.41. The first kappa shape index (κ1) is 15.2. The van der Waals surface area contributed by atoms with Gasteiger partial charge in [0.1, 0.15) is 0 Å². The zero-order valence-corrected chi connectivity index (χ0v) is 13.8. The molecule has 0 saturated carbocycles. The maximum atomic E-state index is 12.1. The van der Waals surface area contributed by atoms with Crippen LogP contribution in [-0.2, 0) is 9.84 Å². The molecule has 1 saturated heterocycles. The minimum Gasteiger partial charge on any atom is -0.347 e. The first-order valence-corrected chi connectivity index (χ1v) is 9.24. The molecule has 0 unspecified atom stereocenters. The Morgan fingerprint density at radius 1 is 1.36 bits per heavy atom. The van der Waals surface area contributed by atoms with Crippen LogP contribution in [0.25, 0.3) is 5.69 Å². The van der Waals surface area contributed by atoms with Gasteiger partial charge >= 0.3 is 0 Å². The Labute approximate surface area is 135 Å². The quantitative estimate of drug-likeness (QED) is 0.849. The van der Waals surface area contributed by atoms with Gasteiger partial charge in [0, 0.05) is 10.5 Å². The van der Waals surface area contributed by atoms with Gasteiger partial charge in [-0.1, -0.05) is 17.3 Å². The second-order valence-electron chi connectivity index (χ2n) is 5.07. The molecule has 1 atom stereocenters. The summed E-state index contributed by atoms with van der Waals surface area (Å²) in [6.07, 6.45) is 1.95. The van der Waals surface area contributed by atoms with Gasteiger partial charge in [-0.15, -0.1) is 5.10 Å². The molecule has 1 amide bonds. The third-order valence-corrected chi connectivity index (χ3v) is 5.83. The molecule has 1 N–H and O–H groups in total. The number of carbonyl (C=O) groups excluding carboxylic acids is 1. The van der Waals surface area contributed by atoms with E-state index in [0.29, 0.717) is 6.42 Å². The van der Waals surface area contributed by atoms with E-state index in [-0.39, 0.29) is 23.2 Å². The predicted molar refractivity (Wildman–Crippen MR) is 83.6 cm³/mol. The number of hydrogen-bond donors (Lipinski definition) is 1. The van der Waals surface area contributed by atoms with E-state index in [9.17, 15) is 13.2 Å². The lowest BCUT2D eigenvalue weighted by Gasteiger charge is -2.08. The van der Waals surface area contributed by atoms with Gasteiger partial charge in [-0.2, -0.15) is 0 Å². The topological polar surface area (TPSA) is 94.0 Å². The summed E-state index contributed by atoms with van der Waals surface area (Å²) in [5, 5.41) is 10.5. The number of para-hydroxylation sites is 1. The van der Waals surface area contributed by atoms with E-state index in [1.165, 1.54) is 10.9 Å². The van der Waals surface area contributed by atoms with Crippen LogP contribution in [0.5, 0.6) is 0 Å². The van der Waals surface area contributed by atoms with Crippen LogP contribution in [0.3, 0.4) is 0 Å². The first-order valence-electron chi connectivity index (χ1n) is 6.63. The molecule has 0 bridgehead atoms. The molecular formula is C13H13BrN4O3S. The van der Waals surface area contributed by atoms with Gasteiger partial charge < -0.3 is 5.32 Å². The molecule has 3 rings (SSSR count). The average Bonchev–Trinajstić information content (AvgIpc) is 3.06. The molecule has 0 spiro atoms. The number of nitrogens with zero attached hydrogens (tertiary/aromatic N) is 3. The number of amides is 1. The number of nitrogens with one attached hydrogen (secondary N) is 1. The van der Waals surface area contributed by atoms with Crippen LogP contribution in [0.1, 0.15) is 16.9 Å². The second kappa shape index (κ2) is 5.81. The number of sulfone groups is 1. The lowest BCUT2D eigenvalue weighted by Crippen LogP contribution is -2.35. The van der Waals surface area contributed by atoms with Crippen molar-refractivity contribution in [1.82, 2.24) is 20.3 Å².